The monoisotopic (exact) mass is 593 g/mol. The molecule has 7 nitrogen and oxygen atoms in total. The second-order valence-electron chi connectivity index (χ2n) is 12.5. The van der Waals surface area contributed by atoms with Crippen molar-refractivity contribution in [1.29, 1.82) is 0 Å². The van der Waals surface area contributed by atoms with E-state index in [0.717, 1.165) is 55.2 Å². The molecule has 0 aliphatic carbocycles. The largest absolute Gasteiger partial charge is 0.444 e. The molecule has 0 aliphatic rings. The minimum Gasteiger partial charge on any atom is -0.444 e. The molecule has 3 atom stereocenters. The Bertz CT molecular complexity index is 1110. The van der Waals surface area contributed by atoms with Crippen molar-refractivity contribution in [2.24, 2.45) is 5.92 Å². The van der Waals surface area contributed by atoms with E-state index >= 15 is 0 Å². The van der Waals surface area contributed by atoms with Crippen LogP contribution in [0.25, 0.3) is 0 Å². The number of nitrogens with zero attached hydrogens (tertiary/aromatic N) is 1. The van der Waals surface area contributed by atoms with Crippen LogP contribution in [0.5, 0.6) is 0 Å². The van der Waals surface area contributed by atoms with Gasteiger partial charge in [0.05, 0.1) is 0 Å². The van der Waals surface area contributed by atoms with E-state index in [1.54, 1.807) is 25.7 Å². The maximum absolute atomic E-state index is 14.5. The predicted molar refractivity (Wildman–Crippen MR) is 175 cm³/mol. The maximum atomic E-state index is 14.5. The molecule has 0 aliphatic heterocycles. The first-order chi connectivity index (χ1) is 20.5. The quantitative estimate of drug-likeness (QED) is 0.184. The number of benzene rings is 2. The fraction of sp³-hybridized carbons (Fsp3) is 0.583. The van der Waals surface area contributed by atoms with E-state index in [1.165, 1.54) is 6.42 Å². The molecule has 238 valence electrons. The zero-order valence-electron chi connectivity index (χ0n) is 27.6. The maximum Gasteiger partial charge on any atom is 0.408 e. The van der Waals surface area contributed by atoms with Crippen molar-refractivity contribution in [2.75, 3.05) is 6.54 Å². The van der Waals surface area contributed by atoms with Crippen molar-refractivity contribution in [2.45, 2.75) is 124 Å². The van der Waals surface area contributed by atoms with Gasteiger partial charge in [0.2, 0.25) is 11.8 Å². The van der Waals surface area contributed by atoms with Gasteiger partial charge >= 0.3 is 6.09 Å². The number of carbonyl (C=O) groups is 3. The molecule has 2 rings (SSSR count). The number of aryl methyl sites for hydroxylation is 1. The molecule has 2 aromatic rings. The minimum absolute atomic E-state index is 0.164. The van der Waals surface area contributed by atoms with E-state index in [4.69, 9.17) is 4.74 Å². The number of hydrogen-bond acceptors (Lipinski definition) is 4. The topological polar surface area (TPSA) is 87.7 Å². The van der Waals surface area contributed by atoms with Gasteiger partial charge < -0.3 is 20.3 Å². The smallest absolute Gasteiger partial charge is 0.408 e. The Morgan fingerprint density at radius 2 is 1.47 bits per heavy atom. The van der Waals surface area contributed by atoms with Crippen LogP contribution in [0.1, 0.15) is 116 Å². The summed E-state index contributed by atoms with van der Waals surface area (Å²) in [5.41, 5.74) is 2.19. The van der Waals surface area contributed by atoms with Crippen LogP contribution in [0.2, 0.25) is 0 Å². The second-order valence-corrected chi connectivity index (χ2v) is 12.5. The van der Waals surface area contributed by atoms with Crippen LogP contribution in [0.15, 0.2) is 54.6 Å². The molecule has 0 fully saturated rings. The van der Waals surface area contributed by atoms with Crippen molar-refractivity contribution < 1.29 is 19.1 Å². The number of carbonyl (C=O) groups excluding carboxylic acids is 3. The van der Waals surface area contributed by atoms with Gasteiger partial charge in [-0.25, -0.2) is 4.79 Å². The lowest BCUT2D eigenvalue weighted by Gasteiger charge is -2.36. The van der Waals surface area contributed by atoms with Gasteiger partial charge in [0.1, 0.15) is 17.7 Å². The number of amides is 3. The summed E-state index contributed by atoms with van der Waals surface area (Å²) in [4.78, 5) is 43.1. The Labute approximate surface area is 260 Å². The predicted octanol–water partition coefficient (Wildman–Crippen LogP) is 7.74. The number of unbranched alkanes of at least 4 members (excludes halogenated alkanes) is 5. The Morgan fingerprint density at radius 3 is 2.05 bits per heavy atom. The summed E-state index contributed by atoms with van der Waals surface area (Å²) < 4.78 is 5.53. The highest BCUT2D eigenvalue weighted by Crippen LogP contribution is 2.26. The van der Waals surface area contributed by atoms with Crippen molar-refractivity contribution in [3.05, 3.63) is 71.3 Å². The first-order valence-corrected chi connectivity index (χ1v) is 16.2. The van der Waals surface area contributed by atoms with Crippen molar-refractivity contribution in [3.8, 4) is 0 Å². The molecule has 43 heavy (non-hydrogen) atoms. The lowest BCUT2D eigenvalue weighted by Crippen LogP contribution is -2.55. The molecule has 0 radical (unpaired) electrons. The van der Waals surface area contributed by atoms with Crippen molar-refractivity contribution >= 4 is 17.9 Å². The summed E-state index contributed by atoms with van der Waals surface area (Å²) in [7, 11) is 0. The fourth-order valence-electron chi connectivity index (χ4n) is 5.02. The zero-order chi connectivity index (χ0) is 31.8. The molecule has 0 bridgehead atoms. The minimum atomic E-state index is -0.843. The van der Waals surface area contributed by atoms with Gasteiger partial charge in [-0.1, -0.05) is 121 Å². The SMILES string of the molecule is CCCCCCCCN(C(=O)C(NC(=O)OC(C)(C)C)C(C)CC)C(C(=O)NCc1ccccc1)c1ccc(CC)cc1. The molecule has 3 amide bonds. The summed E-state index contributed by atoms with van der Waals surface area (Å²) in [5.74, 6) is -0.677. The van der Waals surface area contributed by atoms with Gasteiger partial charge in [-0.15, -0.1) is 0 Å². The highest BCUT2D eigenvalue weighted by molar-refractivity contribution is 5.92. The van der Waals surface area contributed by atoms with Crippen LogP contribution < -0.4 is 10.6 Å². The van der Waals surface area contributed by atoms with Gasteiger partial charge in [-0.05, 0) is 56.2 Å². The molecule has 3 unspecified atom stereocenters. The van der Waals surface area contributed by atoms with E-state index < -0.39 is 23.8 Å². The molecular formula is C36H55N3O4. The van der Waals surface area contributed by atoms with Crippen molar-refractivity contribution in [3.63, 3.8) is 0 Å². The summed E-state index contributed by atoms with van der Waals surface area (Å²) in [5, 5.41) is 5.95. The Balaban J connectivity index is 2.48. The van der Waals surface area contributed by atoms with E-state index in [9.17, 15) is 14.4 Å². The molecular weight excluding hydrogens is 538 g/mol. The van der Waals surface area contributed by atoms with Crippen LogP contribution in [0.3, 0.4) is 0 Å². The highest BCUT2D eigenvalue weighted by Gasteiger charge is 2.37. The average Bonchev–Trinajstić information content (AvgIpc) is 2.99. The zero-order valence-corrected chi connectivity index (χ0v) is 27.6. The van der Waals surface area contributed by atoms with E-state index in [2.05, 4.69) is 24.5 Å². The van der Waals surface area contributed by atoms with E-state index in [1.807, 2.05) is 68.4 Å². The van der Waals surface area contributed by atoms with Crippen LogP contribution >= 0.6 is 0 Å². The molecule has 7 heteroatoms. The number of alkyl carbamates (subject to hydrolysis) is 1. The van der Waals surface area contributed by atoms with Gasteiger partial charge in [0.15, 0.2) is 0 Å². The van der Waals surface area contributed by atoms with Gasteiger partial charge in [-0.2, -0.15) is 0 Å². The number of rotatable bonds is 17. The third-order valence-electron chi connectivity index (χ3n) is 7.76. The normalized spacial score (nSPS) is 13.5. The third kappa shape index (κ3) is 12.4. The van der Waals surface area contributed by atoms with E-state index in [-0.39, 0.29) is 17.7 Å². The summed E-state index contributed by atoms with van der Waals surface area (Å²) in [6.45, 7) is 14.4. The average molecular weight is 594 g/mol. The molecule has 0 aromatic heterocycles. The highest BCUT2D eigenvalue weighted by atomic mass is 16.6. The van der Waals surface area contributed by atoms with Crippen LogP contribution in [0.4, 0.5) is 4.79 Å². The van der Waals surface area contributed by atoms with Crippen LogP contribution in [0, 0.1) is 5.92 Å². The lowest BCUT2D eigenvalue weighted by atomic mass is 9.95. The van der Waals surface area contributed by atoms with Crippen LogP contribution in [-0.2, 0) is 27.3 Å². The van der Waals surface area contributed by atoms with Gasteiger partial charge in [0.25, 0.3) is 0 Å². The molecule has 0 heterocycles. The molecule has 0 saturated carbocycles. The second kappa shape index (κ2) is 18.3. The first kappa shape index (κ1) is 35.8. The fourth-order valence-corrected chi connectivity index (χ4v) is 5.02. The third-order valence-corrected chi connectivity index (χ3v) is 7.76. The van der Waals surface area contributed by atoms with Crippen molar-refractivity contribution in [1.82, 2.24) is 15.5 Å². The van der Waals surface area contributed by atoms with E-state index in [0.29, 0.717) is 19.5 Å². The summed E-state index contributed by atoms with van der Waals surface area (Å²) >= 11 is 0. The standard InChI is InChI=1S/C36H55N3O4/c1-8-11-12-13-14-18-25-39(34(41)31(27(4)9-2)38-35(42)43-36(5,6)7)32(30-23-21-28(10-3)22-24-30)33(40)37-26-29-19-16-15-17-20-29/h15-17,19-24,27,31-32H,8-14,18,25-26H2,1-7H3,(H,37,40)(H,38,42). The number of ether oxygens (including phenoxy) is 1. The number of nitrogens with one attached hydrogen (secondary N) is 2. The Morgan fingerprint density at radius 1 is 0.837 bits per heavy atom. The molecule has 0 spiro atoms. The van der Waals surface area contributed by atoms with Crippen LogP contribution in [-0.4, -0.2) is 41.0 Å². The number of hydrogen-bond donors (Lipinski definition) is 2. The molecule has 0 saturated heterocycles. The molecule has 2 N–H and O–H groups in total. The lowest BCUT2D eigenvalue weighted by molar-refractivity contribution is -0.143. The summed E-state index contributed by atoms with van der Waals surface area (Å²) in [6.07, 6.45) is 7.23. The Kier molecular flexibility index (Phi) is 15.3. The Hall–Kier alpha value is -3.35. The molecule has 2 aromatic carbocycles. The van der Waals surface area contributed by atoms with Gasteiger partial charge in [-0.3, -0.25) is 9.59 Å². The summed E-state index contributed by atoms with van der Waals surface area (Å²) in [6, 6.07) is 16.0. The van der Waals surface area contributed by atoms with Gasteiger partial charge in [0, 0.05) is 13.1 Å². The first-order valence-electron chi connectivity index (χ1n) is 16.2.